The third-order valence-electron chi connectivity index (χ3n) is 3.37. The fourth-order valence-electron chi connectivity index (χ4n) is 2.21. The average molecular weight is 355 g/mol. The number of carbonyl (C=O) groups is 1. The van der Waals surface area contributed by atoms with E-state index in [-0.39, 0.29) is 6.54 Å². The smallest absolute Gasteiger partial charge is 0.323 e. The molecule has 0 aromatic carbocycles. The number of anilines is 3. The lowest BCUT2D eigenvalue weighted by atomic mass is 10.3. The molecule has 3 rings (SSSR count). The molecule has 0 radical (unpaired) electrons. The molecule has 0 unspecified atom stereocenters. The number of aromatic nitrogens is 3. The van der Waals surface area contributed by atoms with E-state index >= 15 is 0 Å². The van der Waals surface area contributed by atoms with Crippen LogP contribution in [0.3, 0.4) is 0 Å². The Bertz CT molecular complexity index is 896. The average Bonchev–Trinajstić information content (AvgIpc) is 3.05. The van der Waals surface area contributed by atoms with E-state index in [9.17, 15) is 4.79 Å². The van der Waals surface area contributed by atoms with Crippen molar-refractivity contribution >= 4 is 34.1 Å². The summed E-state index contributed by atoms with van der Waals surface area (Å²) in [7, 11) is 1.70. The van der Waals surface area contributed by atoms with Gasteiger partial charge < -0.3 is 15.3 Å². The number of pyridine rings is 2. The SMILES string of the molecule is Cc1ccnc(Nc2cccc(-c3cnc(N(C)CC(=O)O)s3)n2)c1. The van der Waals surface area contributed by atoms with Crippen LogP contribution in [0.15, 0.2) is 42.7 Å². The lowest BCUT2D eigenvalue weighted by molar-refractivity contribution is -0.135. The third kappa shape index (κ3) is 4.30. The zero-order chi connectivity index (χ0) is 17.8. The van der Waals surface area contributed by atoms with Gasteiger partial charge in [0, 0.05) is 19.4 Å². The Balaban J connectivity index is 1.80. The summed E-state index contributed by atoms with van der Waals surface area (Å²) in [5, 5.41) is 12.7. The van der Waals surface area contributed by atoms with E-state index in [2.05, 4.69) is 20.3 Å². The molecule has 0 saturated carbocycles. The van der Waals surface area contributed by atoms with Gasteiger partial charge >= 0.3 is 5.97 Å². The number of likely N-dealkylation sites (N-methyl/N-ethyl adjacent to an activating group) is 1. The van der Waals surface area contributed by atoms with Crippen LogP contribution in [-0.2, 0) is 4.79 Å². The van der Waals surface area contributed by atoms with Gasteiger partial charge in [-0.1, -0.05) is 17.4 Å². The highest BCUT2D eigenvalue weighted by Crippen LogP contribution is 2.30. The minimum Gasteiger partial charge on any atom is -0.480 e. The van der Waals surface area contributed by atoms with Crippen molar-refractivity contribution in [3.63, 3.8) is 0 Å². The summed E-state index contributed by atoms with van der Waals surface area (Å²) in [6.45, 7) is 1.91. The number of rotatable bonds is 6. The Labute approximate surface area is 149 Å². The molecule has 0 bridgehead atoms. The van der Waals surface area contributed by atoms with E-state index < -0.39 is 5.97 Å². The van der Waals surface area contributed by atoms with Crippen molar-refractivity contribution in [2.75, 3.05) is 23.8 Å². The quantitative estimate of drug-likeness (QED) is 0.702. The van der Waals surface area contributed by atoms with E-state index in [0.717, 1.165) is 22.0 Å². The molecule has 0 saturated heterocycles. The largest absolute Gasteiger partial charge is 0.480 e. The second-order valence-corrected chi connectivity index (χ2v) is 6.52. The van der Waals surface area contributed by atoms with E-state index in [1.54, 1.807) is 24.3 Å². The third-order valence-corrected chi connectivity index (χ3v) is 4.50. The summed E-state index contributed by atoms with van der Waals surface area (Å²) in [5.74, 6) is 0.523. The van der Waals surface area contributed by atoms with Gasteiger partial charge in [0.2, 0.25) is 0 Å². The van der Waals surface area contributed by atoms with Gasteiger partial charge in [0.25, 0.3) is 0 Å². The standard InChI is InChI=1S/C17H17N5O2S/c1-11-6-7-18-15(8-11)21-14-5-3-4-12(20-14)13-9-19-17(25-13)22(2)10-16(23)24/h3-9H,10H2,1-2H3,(H,23,24)(H,18,20,21). The molecular formula is C17H17N5O2S. The molecule has 128 valence electrons. The maximum Gasteiger partial charge on any atom is 0.323 e. The van der Waals surface area contributed by atoms with Gasteiger partial charge in [-0.3, -0.25) is 4.79 Å². The van der Waals surface area contributed by atoms with Crippen LogP contribution in [0.5, 0.6) is 0 Å². The van der Waals surface area contributed by atoms with Crippen LogP contribution in [0.2, 0.25) is 0 Å². The van der Waals surface area contributed by atoms with Gasteiger partial charge in [0.15, 0.2) is 5.13 Å². The molecule has 3 heterocycles. The summed E-state index contributed by atoms with van der Waals surface area (Å²) in [4.78, 5) is 26.4. The van der Waals surface area contributed by atoms with E-state index in [0.29, 0.717) is 10.9 Å². The number of nitrogens with zero attached hydrogens (tertiary/aromatic N) is 4. The lowest BCUT2D eigenvalue weighted by Crippen LogP contribution is -2.24. The summed E-state index contributed by atoms with van der Waals surface area (Å²) in [6.07, 6.45) is 3.45. The Morgan fingerprint density at radius 3 is 2.88 bits per heavy atom. The van der Waals surface area contributed by atoms with Crippen LogP contribution in [0.25, 0.3) is 10.6 Å². The number of nitrogens with one attached hydrogen (secondary N) is 1. The minimum atomic E-state index is -0.894. The number of thiazole rings is 1. The molecule has 0 amide bonds. The number of aryl methyl sites for hydroxylation is 1. The highest BCUT2D eigenvalue weighted by atomic mass is 32.1. The second-order valence-electron chi connectivity index (χ2n) is 5.51. The maximum atomic E-state index is 10.8. The molecule has 25 heavy (non-hydrogen) atoms. The predicted octanol–water partition coefficient (Wildman–Crippen LogP) is 3.17. The van der Waals surface area contributed by atoms with Crippen LogP contribution in [0.4, 0.5) is 16.8 Å². The number of hydrogen-bond donors (Lipinski definition) is 2. The van der Waals surface area contributed by atoms with E-state index in [1.165, 1.54) is 11.3 Å². The first-order valence-corrected chi connectivity index (χ1v) is 8.39. The molecule has 0 aliphatic rings. The van der Waals surface area contributed by atoms with Crippen LogP contribution in [-0.4, -0.2) is 39.6 Å². The monoisotopic (exact) mass is 355 g/mol. The summed E-state index contributed by atoms with van der Waals surface area (Å²) >= 11 is 1.40. The molecule has 3 aromatic rings. The Kier molecular flexibility index (Phi) is 4.90. The number of hydrogen-bond acceptors (Lipinski definition) is 7. The van der Waals surface area contributed by atoms with Crippen molar-refractivity contribution in [2.24, 2.45) is 0 Å². The fraction of sp³-hybridized carbons (Fsp3) is 0.176. The zero-order valence-corrected chi connectivity index (χ0v) is 14.6. The second kappa shape index (κ2) is 7.27. The molecule has 8 heteroatoms. The molecule has 3 aromatic heterocycles. The zero-order valence-electron chi connectivity index (χ0n) is 13.8. The Morgan fingerprint density at radius 1 is 1.28 bits per heavy atom. The van der Waals surface area contributed by atoms with Gasteiger partial charge in [-0.2, -0.15) is 0 Å². The van der Waals surface area contributed by atoms with Crippen LogP contribution >= 0.6 is 11.3 Å². The van der Waals surface area contributed by atoms with Crippen LogP contribution in [0, 0.1) is 6.92 Å². The number of carboxylic acid groups (broad SMARTS) is 1. The topological polar surface area (TPSA) is 91.2 Å². The van der Waals surface area contributed by atoms with Crippen molar-refractivity contribution in [3.05, 3.63) is 48.3 Å². The van der Waals surface area contributed by atoms with E-state index in [1.807, 2.05) is 37.3 Å². The molecular weight excluding hydrogens is 338 g/mol. The molecule has 2 N–H and O–H groups in total. The molecule has 0 aliphatic heterocycles. The highest BCUT2D eigenvalue weighted by molar-refractivity contribution is 7.18. The number of carboxylic acids is 1. The maximum absolute atomic E-state index is 10.8. The van der Waals surface area contributed by atoms with E-state index in [4.69, 9.17) is 5.11 Å². The Hall–Kier alpha value is -3.00. The van der Waals surface area contributed by atoms with Gasteiger partial charge in [-0.15, -0.1) is 0 Å². The van der Waals surface area contributed by atoms with Crippen molar-refractivity contribution in [3.8, 4) is 10.6 Å². The lowest BCUT2D eigenvalue weighted by Gasteiger charge is -2.11. The van der Waals surface area contributed by atoms with Crippen molar-refractivity contribution in [2.45, 2.75) is 6.92 Å². The van der Waals surface area contributed by atoms with Gasteiger partial charge in [-0.25, -0.2) is 15.0 Å². The first-order valence-electron chi connectivity index (χ1n) is 7.57. The van der Waals surface area contributed by atoms with Crippen LogP contribution < -0.4 is 10.2 Å². The summed E-state index contributed by atoms with van der Waals surface area (Å²) in [5.41, 5.74) is 1.88. The van der Waals surface area contributed by atoms with Gasteiger partial charge in [0.1, 0.15) is 18.2 Å². The van der Waals surface area contributed by atoms with Crippen molar-refractivity contribution < 1.29 is 9.90 Å². The number of aliphatic carboxylic acids is 1. The first kappa shape index (κ1) is 16.8. The normalized spacial score (nSPS) is 10.5. The molecule has 0 fully saturated rings. The summed E-state index contributed by atoms with van der Waals surface area (Å²) in [6, 6.07) is 9.54. The van der Waals surface area contributed by atoms with Crippen molar-refractivity contribution in [1.29, 1.82) is 0 Å². The minimum absolute atomic E-state index is 0.0962. The molecule has 0 spiro atoms. The molecule has 0 aliphatic carbocycles. The summed E-state index contributed by atoms with van der Waals surface area (Å²) < 4.78 is 0. The fourth-order valence-corrected chi connectivity index (χ4v) is 3.05. The first-order chi connectivity index (χ1) is 12.0. The van der Waals surface area contributed by atoms with Gasteiger partial charge in [-0.05, 0) is 36.8 Å². The van der Waals surface area contributed by atoms with Crippen LogP contribution in [0.1, 0.15) is 5.56 Å². The van der Waals surface area contributed by atoms with Gasteiger partial charge in [0.05, 0.1) is 10.6 Å². The molecule has 7 nitrogen and oxygen atoms in total. The Morgan fingerprint density at radius 2 is 2.12 bits per heavy atom. The molecule has 0 atom stereocenters. The van der Waals surface area contributed by atoms with Crippen molar-refractivity contribution in [1.82, 2.24) is 15.0 Å². The highest BCUT2D eigenvalue weighted by Gasteiger charge is 2.12. The predicted molar refractivity (Wildman–Crippen MR) is 98.5 cm³/mol.